The van der Waals surface area contributed by atoms with E-state index in [-0.39, 0.29) is 5.60 Å². The van der Waals surface area contributed by atoms with Crippen LogP contribution in [-0.4, -0.2) is 66.4 Å². The van der Waals surface area contributed by atoms with Gasteiger partial charge in [-0.2, -0.15) is 0 Å². The van der Waals surface area contributed by atoms with Crippen LogP contribution in [0.25, 0.3) is 0 Å². The quantitative estimate of drug-likeness (QED) is 0.314. The Morgan fingerprint density at radius 2 is 1.15 bits per heavy atom. The van der Waals surface area contributed by atoms with E-state index in [1.54, 1.807) is 4.40 Å². The Morgan fingerprint density at radius 1 is 0.788 bits per heavy atom. The van der Waals surface area contributed by atoms with E-state index in [0.29, 0.717) is 24.2 Å². The maximum atomic E-state index is 7.00. The van der Waals surface area contributed by atoms with Crippen molar-refractivity contribution in [2.75, 3.05) is 0 Å². The van der Waals surface area contributed by atoms with Crippen molar-refractivity contribution in [3.8, 4) is 0 Å². The molecule has 0 heterocycles. The van der Waals surface area contributed by atoms with Gasteiger partial charge in [-0.15, -0.1) is 0 Å². The maximum absolute atomic E-state index is 7.00. The predicted molar refractivity (Wildman–Crippen MR) is 154 cm³/mol. The third-order valence-electron chi connectivity index (χ3n) is 5.82. The zero-order chi connectivity index (χ0) is 25.7. The van der Waals surface area contributed by atoms with Crippen LogP contribution in [0.2, 0.25) is 19.6 Å². The molecule has 0 aliphatic rings. The van der Waals surface area contributed by atoms with Crippen LogP contribution in [-0.2, 0) is 16.9 Å². The average Bonchev–Trinajstić information content (AvgIpc) is 2.60. The second-order valence-corrected chi connectivity index (χ2v) is 22.6. The van der Waals surface area contributed by atoms with Crippen LogP contribution in [0.1, 0.15) is 87.3 Å². The monoisotopic (exact) mass is 536 g/mol. The Morgan fingerprint density at radius 3 is 1.42 bits per heavy atom. The summed E-state index contributed by atoms with van der Waals surface area (Å²) in [5.74, 6) is 0. The Kier molecular flexibility index (Phi) is 11.6. The summed E-state index contributed by atoms with van der Waals surface area (Å²) in [5, 5.41) is 0. The standard InChI is InChI=1S/C28H54GeN2OSi/c1-21(2)30(22(3)4)18-25-16-15-17-26(19-31(23(5)6)24(7)8)27(25)29(20-33(12,13)14)32-28(9,10)11/h15-17,20-24H,18-19H2,1-14H3/b29-20-. The van der Waals surface area contributed by atoms with Crippen LogP contribution in [0, 0.1) is 0 Å². The van der Waals surface area contributed by atoms with Gasteiger partial charge in [0.2, 0.25) is 0 Å². The molecule has 0 aromatic heterocycles. The first-order chi connectivity index (χ1) is 14.9. The molecule has 0 saturated carbocycles. The van der Waals surface area contributed by atoms with Gasteiger partial charge in [-0.25, -0.2) is 0 Å². The van der Waals surface area contributed by atoms with Crippen LogP contribution in [0.5, 0.6) is 0 Å². The predicted octanol–water partition coefficient (Wildman–Crippen LogP) is 6.20. The molecule has 0 N–H and O–H groups in total. The van der Waals surface area contributed by atoms with Gasteiger partial charge in [0.1, 0.15) is 0 Å². The molecule has 33 heavy (non-hydrogen) atoms. The van der Waals surface area contributed by atoms with Crippen molar-refractivity contribution in [2.24, 2.45) is 0 Å². The molecule has 1 rings (SSSR count). The van der Waals surface area contributed by atoms with Gasteiger partial charge < -0.3 is 0 Å². The average molecular weight is 535 g/mol. The second kappa shape index (κ2) is 12.5. The first-order valence-corrected chi connectivity index (χ1v) is 19.7. The van der Waals surface area contributed by atoms with Crippen molar-refractivity contribution in [2.45, 2.75) is 139 Å². The van der Waals surface area contributed by atoms with Gasteiger partial charge in [0.25, 0.3) is 0 Å². The fourth-order valence-electron chi connectivity index (χ4n) is 4.43. The summed E-state index contributed by atoms with van der Waals surface area (Å²) in [5.41, 5.74) is 2.83. The molecule has 0 unspecified atom stereocenters. The Bertz CT molecular complexity index is 717. The van der Waals surface area contributed by atoms with Gasteiger partial charge >= 0.3 is 213 Å². The van der Waals surface area contributed by atoms with E-state index in [1.807, 2.05) is 0 Å². The molecule has 1 aromatic rings. The Balaban J connectivity index is 3.81. The third kappa shape index (κ3) is 10.4. The summed E-state index contributed by atoms with van der Waals surface area (Å²) in [6.07, 6.45) is 0. The molecular weight excluding hydrogens is 481 g/mol. The van der Waals surface area contributed by atoms with Crippen molar-refractivity contribution in [3.63, 3.8) is 0 Å². The van der Waals surface area contributed by atoms with E-state index in [1.165, 1.54) is 11.1 Å². The molecule has 5 heteroatoms. The molecule has 0 bridgehead atoms. The van der Waals surface area contributed by atoms with Crippen molar-refractivity contribution < 1.29 is 3.76 Å². The number of rotatable bonds is 11. The van der Waals surface area contributed by atoms with E-state index in [9.17, 15) is 0 Å². The van der Waals surface area contributed by atoms with Gasteiger partial charge in [0.15, 0.2) is 0 Å². The molecule has 0 aliphatic carbocycles. The number of hydrogen-bond acceptors (Lipinski definition) is 3. The van der Waals surface area contributed by atoms with Crippen LogP contribution in [0.3, 0.4) is 0 Å². The van der Waals surface area contributed by atoms with Gasteiger partial charge in [-0.1, -0.05) is 0 Å². The molecule has 0 saturated heterocycles. The van der Waals surface area contributed by atoms with Crippen LogP contribution < -0.4 is 4.40 Å². The normalized spacial score (nSPS) is 14.0. The van der Waals surface area contributed by atoms with Crippen LogP contribution >= 0.6 is 0 Å². The van der Waals surface area contributed by atoms with Crippen LogP contribution in [0.4, 0.5) is 0 Å². The van der Waals surface area contributed by atoms with E-state index in [2.05, 4.69) is 128 Å². The molecule has 0 spiro atoms. The zero-order valence-corrected chi connectivity index (χ0v) is 27.4. The minimum atomic E-state index is -2.14. The molecule has 3 nitrogen and oxygen atoms in total. The molecule has 0 atom stereocenters. The first kappa shape index (κ1) is 30.6. The van der Waals surface area contributed by atoms with Crippen LogP contribution in [0.15, 0.2) is 18.2 Å². The van der Waals surface area contributed by atoms with E-state index in [4.69, 9.17) is 3.76 Å². The van der Waals surface area contributed by atoms with Crippen molar-refractivity contribution >= 4 is 31.2 Å². The molecule has 1 aromatic carbocycles. The summed E-state index contributed by atoms with van der Waals surface area (Å²) < 4.78 is 11.3. The van der Waals surface area contributed by atoms with E-state index < -0.39 is 22.3 Å². The van der Waals surface area contributed by atoms with Crippen molar-refractivity contribution in [1.82, 2.24) is 9.80 Å². The summed E-state index contributed by atoms with van der Waals surface area (Å²) in [4.78, 5) is 5.24. The first-order valence-electron chi connectivity index (χ1n) is 13.0. The summed E-state index contributed by atoms with van der Waals surface area (Å²) in [6.45, 7) is 34.6. The fourth-order valence-corrected chi connectivity index (χ4v) is 15.3. The van der Waals surface area contributed by atoms with Gasteiger partial charge in [0.05, 0.1) is 0 Å². The summed E-state index contributed by atoms with van der Waals surface area (Å²) in [6, 6.07) is 9.09. The van der Waals surface area contributed by atoms with E-state index in [0.717, 1.165) is 13.1 Å². The summed E-state index contributed by atoms with van der Waals surface area (Å²) >= 11 is -2.14. The molecule has 190 valence electrons. The third-order valence-corrected chi connectivity index (χ3v) is 18.2. The Hall–Kier alpha value is -0.430. The molecule has 0 fully saturated rings. The van der Waals surface area contributed by atoms with Crippen molar-refractivity contribution in [3.05, 3.63) is 29.3 Å². The topological polar surface area (TPSA) is 15.7 Å². The molecule has 0 radical (unpaired) electrons. The minimum absolute atomic E-state index is 0.137. The van der Waals surface area contributed by atoms with Gasteiger partial charge in [-0.3, -0.25) is 0 Å². The fraction of sp³-hybridized carbons (Fsp3) is 0.750. The number of nitrogens with zero attached hydrogens (tertiary/aromatic N) is 2. The zero-order valence-electron chi connectivity index (χ0n) is 24.3. The molecule has 0 amide bonds. The van der Waals surface area contributed by atoms with E-state index >= 15 is 0 Å². The molecular formula is C28H54GeN2OSi. The number of hydrogen-bond donors (Lipinski definition) is 0. The molecule has 0 aliphatic heterocycles. The second-order valence-electron chi connectivity index (χ2n) is 12.8. The summed E-state index contributed by atoms with van der Waals surface area (Å²) in [7, 11) is -1.42. The number of benzene rings is 1. The SMILES string of the molecule is CC(C)N(Cc1cccc(CN(C(C)C)C(C)C)[c]1/[Ge](=[CH]/[Si](C)(C)C)[O]C(C)(C)C)C(C)C. The van der Waals surface area contributed by atoms with Gasteiger partial charge in [0, 0.05) is 0 Å². The Labute approximate surface area is 212 Å². The van der Waals surface area contributed by atoms with Crippen molar-refractivity contribution in [1.29, 1.82) is 0 Å². The van der Waals surface area contributed by atoms with Gasteiger partial charge in [-0.05, 0) is 0 Å².